The molecule has 0 amide bonds. The molecule has 7 heteroatoms. The molecule has 2 rings (SSSR count). The summed E-state index contributed by atoms with van der Waals surface area (Å²) in [6, 6.07) is 5.70. The standard InChI is InChI=1S/C10H12N2O4S/c1-11-17(15,16)12-8-5-3-2-4-7(8)6-9(12)10(13)14/h2-5,9,11H,6H2,1H3,(H,13,14)/t9-/m0/s1. The molecular formula is C10H12N2O4S. The zero-order valence-corrected chi connectivity index (χ0v) is 9.94. The number of rotatable bonds is 3. The lowest BCUT2D eigenvalue weighted by Crippen LogP contribution is -2.47. The highest BCUT2D eigenvalue weighted by Gasteiger charge is 2.40. The van der Waals surface area contributed by atoms with Crippen LogP contribution in [0, 0.1) is 0 Å². The number of nitrogens with zero attached hydrogens (tertiary/aromatic N) is 1. The molecule has 0 saturated carbocycles. The number of carboxylic acids is 1. The molecule has 17 heavy (non-hydrogen) atoms. The average Bonchev–Trinajstić information content (AvgIpc) is 2.69. The van der Waals surface area contributed by atoms with Crippen molar-refractivity contribution in [2.75, 3.05) is 11.4 Å². The quantitative estimate of drug-likeness (QED) is 0.795. The molecule has 0 unspecified atom stereocenters. The minimum absolute atomic E-state index is 0.187. The Morgan fingerprint density at radius 1 is 1.47 bits per heavy atom. The molecule has 1 atom stereocenters. The zero-order valence-electron chi connectivity index (χ0n) is 9.12. The lowest BCUT2D eigenvalue weighted by molar-refractivity contribution is -0.138. The van der Waals surface area contributed by atoms with Crippen molar-refractivity contribution in [2.45, 2.75) is 12.5 Å². The second-order valence-electron chi connectivity index (χ2n) is 3.69. The highest BCUT2D eigenvalue weighted by atomic mass is 32.2. The van der Waals surface area contributed by atoms with Gasteiger partial charge in [0.15, 0.2) is 0 Å². The fourth-order valence-electron chi connectivity index (χ4n) is 1.94. The van der Waals surface area contributed by atoms with Crippen molar-refractivity contribution >= 4 is 21.9 Å². The molecule has 1 aromatic carbocycles. The van der Waals surface area contributed by atoms with Crippen molar-refractivity contribution in [3.63, 3.8) is 0 Å². The van der Waals surface area contributed by atoms with Gasteiger partial charge in [0.2, 0.25) is 0 Å². The van der Waals surface area contributed by atoms with Crippen LogP contribution >= 0.6 is 0 Å². The van der Waals surface area contributed by atoms with Crippen LogP contribution in [0.4, 0.5) is 5.69 Å². The van der Waals surface area contributed by atoms with Crippen LogP contribution in [0.15, 0.2) is 24.3 Å². The maximum atomic E-state index is 11.8. The Hall–Kier alpha value is -1.60. The average molecular weight is 256 g/mol. The van der Waals surface area contributed by atoms with Crippen molar-refractivity contribution in [1.82, 2.24) is 4.72 Å². The summed E-state index contributed by atoms with van der Waals surface area (Å²) in [4.78, 5) is 11.1. The Morgan fingerprint density at radius 2 is 2.12 bits per heavy atom. The lowest BCUT2D eigenvalue weighted by atomic mass is 10.1. The summed E-state index contributed by atoms with van der Waals surface area (Å²) >= 11 is 0. The second kappa shape index (κ2) is 4.01. The van der Waals surface area contributed by atoms with Gasteiger partial charge in [0.25, 0.3) is 0 Å². The van der Waals surface area contributed by atoms with Gasteiger partial charge in [-0.3, -0.25) is 0 Å². The number of hydrogen-bond donors (Lipinski definition) is 2. The predicted octanol–water partition coefficient (Wildman–Crippen LogP) is -0.0335. The van der Waals surface area contributed by atoms with Crippen molar-refractivity contribution in [2.24, 2.45) is 0 Å². The molecule has 0 fully saturated rings. The Bertz CT molecular complexity index is 555. The molecule has 0 saturated heterocycles. The van der Waals surface area contributed by atoms with Crippen LogP contribution in [0.5, 0.6) is 0 Å². The van der Waals surface area contributed by atoms with E-state index in [2.05, 4.69) is 4.72 Å². The first-order valence-electron chi connectivity index (χ1n) is 5.01. The van der Waals surface area contributed by atoms with Gasteiger partial charge in [-0.1, -0.05) is 18.2 Å². The topological polar surface area (TPSA) is 86.7 Å². The molecule has 0 radical (unpaired) electrons. The number of para-hydroxylation sites is 1. The van der Waals surface area contributed by atoms with E-state index in [0.717, 1.165) is 9.87 Å². The summed E-state index contributed by atoms with van der Waals surface area (Å²) in [6.45, 7) is 0. The fraction of sp³-hybridized carbons (Fsp3) is 0.300. The van der Waals surface area contributed by atoms with Gasteiger partial charge in [-0.15, -0.1) is 0 Å². The molecule has 0 aromatic heterocycles. The van der Waals surface area contributed by atoms with E-state index in [1.807, 2.05) is 0 Å². The Kier molecular flexibility index (Phi) is 2.80. The van der Waals surface area contributed by atoms with Crippen LogP contribution in [0.25, 0.3) is 0 Å². The van der Waals surface area contributed by atoms with Crippen LogP contribution in [0.1, 0.15) is 5.56 Å². The number of hydrogen-bond acceptors (Lipinski definition) is 3. The maximum absolute atomic E-state index is 11.8. The summed E-state index contributed by atoms with van der Waals surface area (Å²) in [6.07, 6.45) is 0.187. The molecule has 1 aromatic rings. The van der Waals surface area contributed by atoms with Crippen molar-refractivity contribution in [1.29, 1.82) is 0 Å². The van der Waals surface area contributed by atoms with Crippen LogP contribution < -0.4 is 9.03 Å². The molecule has 0 spiro atoms. The Morgan fingerprint density at radius 3 is 2.71 bits per heavy atom. The largest absolute Gasteiger partial charge is 0.480 e. The highest BCUT2D eigenvalue weighted by Crippen LogP contribution is 2.33. The number of nitrogens with one attached hydrogen (secondary N) is 1. The van der Waals surface area contributed by atoms with E-state index in [0.29, 0.717) is 5.69 Å². The molecule has 1 aliphatic heterocycles. The van der Waals surface area contributed by atoms with E-state index >= 15 is 0 Å². The number of fused-ring (bicyclic) bond motifs is 1. The summed E-state index contributed by atoms with van der Waals surface area (Å²) in [5.74, 6) is -1.15. The number of benzene rings is 1. The van der Waals surface area contributed by atoms with Gasteiger partial charge < -0.3 is 5.11 Å². The van der Waals surface area contributed by atoms with Gasteiger partial charge in [-0.25, -0.2) is 13.8 Å². The Balaban J connectivity index is 2.56. The first-order valence-corrected chi connectivity index (χ1v) is 6.45. The number of aliphatic carboxylic acids is 1. The number of carboxylic acid groups (broad SMARTS) is 1. The van der Waals surface area contributed by atoms with Gasteiger partial charge in [0, 0.05) is 13.5 Å². The molecule has 6 nitrogen and oxygen atoms in total. The van der Waals surface area contributed by atoms with E-state index < -0.39 is 22.2 Å². The maximum Gasteiger partial charge on any atom is 0.327 e. The predicted molar refractivity (Wildman–Crippen MR) is 62.0 cm³/mol. The summed E-state index contributed by atoms with van der Waals surface area (Å²) < 4.78 is 26.7. The van der Waals surface area contributed by atoms with Crippen molar-refractivity contribution < 1.29 is 18.3 Å². The van der Waals surface area contributed by atoms with Crippen LogP contribution in [-0.2, 0) is 21.4 Å². The molecular weight excluding hydrogens is 244 g/mol. The zero-order chi connectivity index (χ0) is 12.6. The molecule has 1 heterocycles. The second-order valence-corrected chi connectivity index (χ2v) is 5.44. The molecule has 0 aliphatic carbocycles. The fourth-order valence-corrected chi connectivity index (χ4v) is 3.07. The monoisotopic (exact) mass is 256 g/mol. The van der Waals surface area contributed by atoms with Crippen molar-refractivity contribution in [3.8, 4) is 0 Å². The third-order valence-electron chi connectivity index (χ3n) is 2.73. The van der Waals surface area contributed by atoms with Gasteiger partial charge in [-0.2, -0.15) is 8.42 Å². The summed E-state index contributed by atoms with van der Waals surface area (Å²) in [7, 11) is -2.54. The van der Waals surface area contributed by atoms with E-state index in [9.17, 15) is 13.2 Å². The SMILES string of the molecule is CNS(=O)(=O)N1c2ccccc2C[C@H]1C(=O)O. The number of anilines is 1. The third kappa shape index (κ3) is 1.87. The van der Waals surface area contributed by atoms with Gasteiger partial charge in [-0.05, 0) is 11.6 Å². The Labute approximate surface area is 99.0 Å². The minimum Gasteiger partial charge on any atom is -0.480 e. The lowest BCUT2D eigenvalue weighted by Gasteiger charge is -2.23. The van der Waals surface area contributed by atoms with E-state index in [-0.39, 0.29) is 6.42 Å². The van der Waals surface area contributed by atoms with E-state index in [1.165, 1.54) is 7.05 Å². The first-order chi connectivity index (χ1) is 7.97. The molecule has 0 bridgehead atoms. The highest BCUT2D eigenvalue weighted by molar-refractivity contribution is 7.91. The summed E-state index contributed by atoms with van der Waals surface area (Å²) in [5, 5.41) is 9.08. The van der Waals surface area contributed by atoms with Gasteiger partial charge in [0.05, 0.1) is 5.69 Å². The van der Waals surface area contributed by atoms with Crippen LogP contribution in [0.2, 0.25) is 0 Å². The molecule has 1 aliphatic rings. The van der Waals surface area contributed by atoms with Gasteiger partial charge in [0.1, 0.15) is 6.04 Å². The smallest absolute Gasteiger partial charge is 0.327 e. The minimum atomic E-state index is -3.80. The van der Waals surface area contributed by atoms with Gasteiger partial charge >= 0.3 is 16.2 Å². The van der Waals surface area contributed by atoms with Crippen molar-refractivity contribution in [3.05, 3.63) is 29.8 Å². The van der Waals surface area contributed by atoms with Crippen LogP contribution in [0.3, 0.4) is 0 Å². The number of carbonyl (C=O) groups is 1. The third-order valence-corrected chi connectivity index (χ3v) is 4.21. The van der Waals surface area contributed by atoms with E-state index in [4.69, 9.17) is 5.11 Å². The van der Waals surface area contributed by atoms with E-state index in [1.54, 1.807) is 24.3 Å². The summed E-state index contributed by atoms with van der Waals surface area (Å²) in [5.41, 5.74) is 1.15. The normalized spacial score (nSPS) is 19.1. The van der Waals surface area contributed by atoms with Crippen LogP contribution in [-0.4, -0.2) is 32.6 Å². The molecule has 2 N–H and O–H groups in total. The molecule has 92 valence electrons. The first kappa shape index (κ1) is 11.9.